The molecule has 1 saturated heterocycles. The van der Waals surface area contributed by atoms with Crippen molar-refractivity contribution in [3.63, 3.8) is 0 Å². The maximum Gasteiger partial charge on any atom is 0.407 e. The SMILES string of the molecule is Cn1nc(C#N)c(Br)c1CC1(F)CCN(C(=O)O)CC1. The van der Waals surface area contributed by atoms with Gasteiger partial charge in [0.2, 0.25) is 0 Å². The minimum atomic E-state index is -1.46. The molecular weight excluding hydrogens is 331 g/mol. The molecule has 20 heavy (non-hydrogen) atoms. The molecule has 1 aliphatic rings. The molecule has 1 aromatic rings. The third kappa shape index (κ3) is 2.77. The summed E-state index contributed by atoms with van der Waals surface area (Å²) >= 11 is 3.27. The third-order valence-corrected chi connectivity index (χ3v) is 4.46. The predicted molar refractivity (Wildman–Crippen MR) is 72.0 cm³/mol. The van der Waals surface area contributed by atoms with Crippen LogP contribution in [0, 0.1) is 11.3 Å². The molecule has 1 fully saturated rings. The van der Waals surface area contributed by atoms with Crippen molar-refractivity contribution in [2.24, 2.45) is 7.05 Å². The lowest BCUT2D eigenvalue weighted by molar-refractivity contribution is 0.0560. The van der Waals surface area contributed by atoms with Crippen LogP contribution in [0.4, 0.5) is 9.18 Å². The van der Waals surface area contributed by atoms with E-state index in [0.717, 1.165) is 0 Å². The number of hydrogen-bond donors (Lipinski definition) is 1. The van der Waals surface area contributed by atoms with Gasteiger partial charge in [-0.1, -0.05) is 0 Å². The molecule has 8 heteroatoms. The van der Waals surface area contributed by atoms with E-state index in [4.69, 9.17) is 10.4 Å². The van der Waals surface area contributed by atoms with E-state index in [0.29, 0.717) is 10.2 Å². The van der Waals surface area contributed by atoms with Gasteiger partial charge in [-0.2, -0.15) is 10.4 Å². The summed E-state index contributed by atoms with van der Waals surface area (Å²) in [6.45, 7) is 0.374. The second-order valence-corrected chi connectivity index (χ2v) is 5.73. The fraction of sp³-hybridized carbons (Fsp3) is 0.583. The smallest absolute Gasteiger partial charge is 0.407 e. The van der Waals surface area contributed by atoms with Gasteiger partial charge in [-0.05, 0) is 28.8 Å². The maximum absolute atomic E-state index is 14.8. The highest BCUT2D eigenvalue weighted by atomic mass is 79.9. The number of hydrogen-bond acceptors (Lipinski definition) is 3. The first-order valence-corrected chi connectivity index (χ1v) is 6.94. The van der Waals surface area contributed by atoms with Crippen molar-refractivity contribution in [2.45, 2.75) is 24.9 Å². The summed E-state index contributed by atoms with van der Waals surface area (Å²) in [5.41, 5.74) is -0.614. The van der Waals surface area contributed by atoms with Gasteiger partial charge in [0.1, 0.15) is 11.7 Å². The molecule has 2 rings (SSSR count). The monoisotopic (exact) mass is 344 g/mol. The molecule has 0 aromatic carbocycles. The lowest BCUT2D eigenvalue weighted by atomic mass is 9.89. The van der Waals surface area contributed by atoms with Crippen molar-refractivity contribution >= 4 is 22.0 Å². The number of halogens is 2. The Morgan fingerprint density at radius 2 is 2.20 bits per heavy atom. The number of carboxylic acid groups (broad SMARTS) is 1. The molecular formula is C12H14BrFN4O2. The molecule has 6 nitrogen and oxygen atoms in total. The van der Waals surface area contributed by atoms with E-state index in [1.54, 1.807) is 7.05 Å². The van der Waals surface area contributed by atoms with E-state index in [-0.39, 0.29) is 38.0 Å². The van der Waals surface area contributed by atoms with Gasteiger partial charge < -0.3 is 10.0 Å². The quantitative estimate of drug-likeness (QED) is 0.890. The Kier molecular flexibility index (Phi) is 3.99. The Labute approximate surface area is 123 Å². The first kappa shape index (κ1) is 14.8. The second-order valence-electron chi connectivity index (χ2n) is 4.94. The first-order valence-electron chi connectivity index (χ1n) is 6.14. The fourth-order valence-corrected chi connectivity index (χ4v) is 2.94. The van der Waals surface area contributed by atoms with E-state index in [1.807, 2.05) is 6.07 Å². The van der Waals surface area contributed by atoms with Crippen molar-refractivity contribution in [1.82, 2.24) is 14.7 Å². The number of alkyl halides is 1. The topological polar surface area (TPSA) is 82.2 Å². The van der Waals surface area contributed by atoms with Crippen LogP contribution in [-0.4, -0.2) is 44.6 Å². The number of aryl methyl sites for hydroxylation is 1. The van der Waals surface area contributed by atoms with Gasteiger partial charge in [-0.15, -0.1) is 0 Å². The Morgan fingerprint density at radius 3 is 2.65 bits per heavy atom. The van der Waals surface area contributed by atoms with Crippen molar-refractivity contribution < 1.29 is 14.3 Å². The summed E-state index contributed by atoms with van der Waals surface area (Å²) in [6.07, 6.45) is -0.593. The molecule has 1 aliphatic heterocycles. The molecule has 1 N–H and O–H groups in total. The molecule has 0 atom stereocenters. The van der Waals surface area contributed by atoms with Crippen LogP contribution in [0.15, 0.2) is 4.47 Å². The lowest BCUT2D eigenvalue weighted by Crippen LogP contribution is -2.45. The summed E-state index contributed by atoms with van der Waals surface area (Å²) < 4.78 is 16.8. The van der Waals surface area contributed by atoms with E-state index in [2.05, 4.69) is 21.0 Å². The van der Waals surface area contributed by atoms with Crippen molar-refractivity contribution in [1.29, 1.82) is 5.26 Å². The first-order chi connectivity index (χ1) is 9.36. The highest BCUT2D eigenvalue weighted by Gasteiger charge is 2.37. The molecule has 0 unspecified atom stereocenters. The number of likely N-dealkylation sites (tertiary alicyclic amines) is 1. The normalized spacial score (nSPS) is 17.8. The average Bonchev–Trinajstić information content (AvgIpc) is 2.66. The average molecular weight is 345 g/mol. The number of piperidine rings is 1. The Morgan fingerprint density at radius 1 is 1.60 bits per heavy atom. The molecule has 0 saturated carbocycles. The van der Waals surface area contributed by atoms with Gasteiger partial charge in [0, 0.05) is 26.6 Å². The lowest BCUT2D eigenvalue weighted by Gasteiger charge is -2.35. The van der Waals surface area contributed by atoms with Gasteiger partial charge >= 0.3 is 6.09 Å². The summed E-state index contributed by atoms with van der Waals surface area (Å²) in [5.74, 6) is 0. The zero-order chi connectivity index (χ0) is 14.9. The summed E-state index contributed by atoms with van der Waals surface area (Å²) in [6, 6.07) is 1.94. The van der Waals surface area contributed by atoms with Crippen molar-refractivity contribution in [3.05, 3.63) is 15.9 Å². The molecule has 108 valence electrons. The van der Waals surface area contributed by atoms with Crippen molar-refractivity contribution in [2.75, 3.05) is 13.1 Å². The number of nitrogens with zero attached hydrogens (tertiary/aromatic N) is 4. The molecule has 0 bridgehead atoms. The predicted octanol–water partition coefficient (Wildman–Crippen LogP) is 2.08. The van der Waals surface area contributed by atoms with Crippen LogP contribution < -0.4 is 0 Å². The molecule has 0 spiro atoms. The van der Waals surface area contributed by atoms with Crippen LogP contribution in [0.3, 0.4) is 0 Å². The fourth-order valence-electron chi connectivity index (χ4n) is 2.37. The number of nitriles is 1. The number of carbonyl (C=O) groups is 1. The van der Waals surface area contributed by atoms with Gasteiger partial charge in [-0.3, -0.25) is 4.68 Å². The minimum Gasteiger partial charge on any atom is -0.465 e. The van der Waals surface area contributed by atoms with Crippen LogP contribution in [0.5, 0.6) is 0 Å². The van der Waals surface area contributed by atoms with E-state index in [1.165, 1.54) is 9.58 Å². The zero-order valence-electron chi connectivity index (χ0n) is 10.9. The number of rotatable bonds is 2. The molecule has 1 amide bonds. The highest BCUT2D eigenvalue weighted by Crippen LogP contribution is 2.33. The van der Waals surface area contributed by atoms with Gasteiger partial charge in [0.25, 0.3) is 0 Å². The standard InChI is InChI=1S/C12H14BrFN4O2/c1-17-9(10(13)8(7-15)16-17)6-12(14)2-4-18(5-3-12)11(19)20/h2-6H2,1H3,(H,19,20). The summed E-state index contributed by atoms with van der Waals surface area (Å²) in [4.78, 5) is 12.0. The van der Waals surface area contributed by atoms with E-state index < -0.39 is 11.8 Å². The Bertz CT molecular complexity index is 573. The molecule has 1 aromatic heterocycles. The van der Waals surface area contributed by atoms with E-state index in [9.17, 15) is 9.18 Å². The zero-order valence-corrected chi connectivity index (χ0v) is 12.5. The molecule has 2 heterocycles. The van der Waals surface area contributed by atoms with Gasteiger partial charge in [-0.25, -0.2) is 9.18 Å². The van der Waals surface area contributed by atoms with Crippen LogP contribution >= 0.6 is 15.9 Å². The molecule has 0 radical (unpaired) electrons. The largest absolute Gasteiger partial charge is 0.465 e. The van der Waals surface area contributed by atoms with Crippen LogP contribution in [0.1, 0.15) is 24.2 Å². The van der Waals surface area contributed by atoms with Gasteiger partial charge in [0.15, 0.2) is 5.69 Å². The van der Waals surface area contributed by atoms with Crippen molar-refractivity contribution in [3.8, 4) is 6.07 Å². The number of amides is 1. The maximum atomic E-state index is 14.8. The van der Waals surface area contributed by atoms with Crippen LogP contribution in [0.2, 0.25) is 0 Å². The van der Waals surface area contributed by atoms with Gasteiger partial charge in [0.05, 0.1) is 10.2 Å². The highest BCUT2D eigenvalue weighted by molar-refractivity contribution is 9.10. The summed E-state index contributed by atoms with van der Waals surface area (Å²) in [5, 5.41) is 21.8. The van der Waals surface area contributed by atoms with E-state index >= 15 is 0 Å². The second kappa shape index (κ2) is 5.40. The number of aromatic nitrogens is 2. The summed E-state index contributed by atoms with van der Waals surface area (Å²) in [7, 11) is 1.66. The Balaban J connectivity index is 2.13. The van der Waals surface area contributed by atoms with Crippen LogP contribution in [0.25, 0.3) is 0 Å². The van der Waals surface area contributed by atoms with Crippen LogP contribution in [-0.2, 0) is 13.5 Å². The Hall–Kier alpha value is -1.62. The minimum absolute atomic E-state index is 0.117. The third-order valence-electron chi connectivity index (χ3n) is 3.62. The molecule has 0 aliphatic carbocycles.